The van der Waals surface area contributed by atoms with Gasteiger partial charge in [-0.05, 0) is 34.4 Å². The van der Waals surface area contributed by atoms with Crippen molar-refractivity contribution in [3.05, 3.63) is 0 Å². The van der Waals surface area contributed by atoms with Crippen molar-refractivity contribution in [2.45, 2.75) is 27.7 Å². The van der Waals surface area contributed by atoms with Crippen LogP contribution >= 0.6 is 0 Å². The molecule has 0 aliphatic carbocycles. The van der Waals surface area contributed by atoms with Gasteiger partial charge < -0.3 is 20.4 Å². The van der Waals surface area contributed by atoms with Crippen LogP contribution in [0.25, 0.3) is 0 Å². The average molecular weight is 295 g/mol. The molecular formula is C14H29N7. The predicted molar refractivity (Wildman–Crippen MR) is 89.2 cm³/mol. The quantitative estimate of drug-likeness (QED) is 0.678. The lowest BCUT2D eigenvalue weighted by Crippen LogP contribution is -2.27. The molecule has 0 bridgehead atoms. The highest BCUT2D eigenvalue weighted by atomic mass is 15.3. The van der Waals surface area contributed by atoms with E-state index in [0.29, 0.717) is 11.9 Å². The van der Waals surface area contributed by atoms with Crippen LogP contribution < -0.4 is 15.5 Å². The molecule has 7 nitrogen and oxygen atoms in total. The molecule has 0 unspecified atom stereocenters. The van der Waals surface area contributed by atoms with Crippen LogP contribution in [0.2, 0.25) is 0 Å². The van der Waals surface area contributed by atoms with Crippen molar-refractivity contribution in [1.82, 2.24) is 19.9 Å². The molecule has 0 radical (unpaired) electrons. The van der Waals surface area contributed by atoms with Crippen LogP contribution in [0.4, 0.5) is 17.8 Å². The van der Waals surface area contributed by atoms with E-state index in [2.05, 4.69) is 63.2 Å². The Balaban J connectivity index is 2.81. The van der Waals surface area contributed by atoms with Crippen LogP contribution in [0.15, 0.2) is 0 Å². The summed E-state index contributed by atoms with van der Waals surface area (Å²) in [4.78, 5) is 17.7. The molecule has 0 saturated heterocycles. The number of rotatable bonds is 10. The third-order valence-corrected chi connectivity index (χ3v) is 3.32. The monoisotopic (exact) mass is 295 g/mol. The number of likely N-dealkylation sites (N-methyl/N-ethyl adjacent to an activating group) is 1. The van der Waals surface area contributed by atoms with Crippen molar-refractivity contribution in [2.24, 2.45) is 0 Å². The van der Waals surface area contributed by atoms with Crippen LogP contribution in [-0.4, -0.2) is 66.2 Å². The van der Waals surface area contributed by atoms with Crippen LogP contribution in [0.5, 0.6) is 0 Å². The molecule has 0 amide bonds. The largest absolute Gasteiger partial charge is 0.354 e. The summed E-state index contributed by atoms with van der Waals surface area (Å²) in [6, 6.07) is 0. The number of hydrogen-bond donors (Lipinski definition) is 2. The fourth-order valence-corrected chi connectivity index (χ4v) is 1.85. The minimum absolute atomic E-state index is 0.626. The van der Waals surface area contributed by atoms with Crippen LogP contribution in [0.3, 0.4) is 0 Å². The lowest BCUT2D eigenvalue weighted by atomic mass is 10.5. The maximum atomic E-state index is 4.51. The number of nitrogens with zero attached hydrogens (tertiary/aromatic N) is 5. The third kappa shape index (κ3) is 5.71. The van der Waals surface area contributed by atoms with Gasteiger partial charge in [-0.25, -0.2) is 0 Å². The van der Waals surface area contributed by atoms with E-state index >= 15 is 0 Å². The first kappa shape index (κ1) is 17.4. The van der Waals surface area contributed by atoms with Gasteiger partial charge in [0, 0.05) is 32.7 Å². The van der Waals surface area contributed by atoms with Crippen molar-refractivity contribution >= 4 is 17.8 Å². The van der Waals surface area contributed by atoms with Gasteiger partial charge in [-0.15, -0.1) is 0 Å². The predicted octanol–water partition coefficient (Wildman–Crippen LogP) is 1.51. The summed E-state index contributed by atoms with van der Waals surface area (Å²) >= 11 is 0. The van der Waals surface area contributed by atoms with E-state index in [1.165, 1.54) is 0 Å². The Hall–Kier alpha value is -1.63. The Kier molecular flexibility index (Phi) is 7.74. The van der Waals surface area contributed by atoms with Gasteiger partial charge in [-0.2, -0.15) is 15.0 Å². The smallest absolute Gasteiger partial charge is 0.231 e. The van der Waals surface area contributed by atoms with Gasteiger partial charge in [-0.1, -0.05) is 6.92 Å². The second-order valence-electron chi connectivity index (χ2n) is 4.81. The molecule has 1 aromatic heterocycles. The van der Waals surface area contributed by atoms with Gasteiger partial charge in [-0.3, -0.25) is 0 Å². The summed E-state index contributed by atoms with van der Waals surface area (Å²) in [5, 5.41) is 6.44. The van der Waals surface area contributed by atoms with Crippen molar-refractivity contribution in [2.75, 3.05) is 61.8 Å². The van der Waals surface area contributed by atoms with Gasteiger partial charge in [0.05, 0.1) is 0 Å². The Morgan fingerprint density at radius 3 is 2.00 bits per heavy atom. The fraction of sp³-hybridized carbons (Fsp3) is 0.786. The zero-order valence-electron chi connectivity index (χ0n) is 14.0. The van der Waals surface area contributed by atoms with Gasteiger partial charge in [0.2, 0.25) is 17.8 Å². The maximum absolute atomic E-state index is 4.51. The summed E-state index contributed by atoms with van der Waals surface area (Å²) in [5.74, 6) is 1.98. The molecule has 1 rings (SSSR count). The van der Waals surface area contributed by atoms with Gasteiger partial charge in [0.1, 0.15) is 0 Å². The summed E-state index contributed by atoms with van der Waals surface area (Å²) in [6.07, 6.45) is 0. The normalized spacial score (nSPS) is 10.8. The van der Waals surface area contributed by atoms with E-state index in [9.17, 15) is 0 Å². The first-order valence-corrected chi connectivity index (χ1v) is 7.81. The standard InChI is InChI=1S/C14H29N7/c1-6-15-12-17-13(16-10-11-20(5)7-2)19-14(18-12)21(8-3)9-4/h6-11H2,1-5H3,(H2,15,16,17,18,19). The first-order valence-electron chi connectivity index (χ1n) is 7.81. The topological polar surface area (TPSA) is 69.2 Å². The second-order valence-corrected chi connectivity index (χ2v) is 4.81. The number of anilines is 3. The van der Waals surface area contributed by atoms with Crippen LogP contribution in [0.1, 0.15) is 27.7 Å². The molecule has 0 atom stereocenters. The minimum Gasteiger partial charge on any atom is -0.354 e. The molecule has 120 valence electrons. The van der Waals surface area contributed by atoms with E-state index in [-0.39, 0.29) is 0 Å². The van der Waals surface area contributed by atoms with Gasteiger partial charge in [0.25, 0.3) is 0 Å². The molecule has 0 aliphatic rings. The number of aromatic nitrogens is 3. The highest BCUT2D eigenvalue weighted by Gasteiger charge is 2.10. The molecule has 0 aromatic carbocycles. The zero-order chi connectivity index (χ0) is 15.7. The van der Waals surface area contributed by atoms with Crippen molar-refractivity contribution in [3.63, 3.8) is 0 Å². The van der Waals surface area contributed by atoms with Crippen molar-refractivity contribution < 1.29 is 0 Å². The van der Waals surface area contributed by atoms with E-state index in [1.807, 2.05) is 6.92 Å². The molecule has 0 spiro atoms. The second kappa shape index (κ2) is 9.33. The van der Waals surface area contributed by atoms with Crippen LogP contribution in [-0.2, 0) is 0 Å². The molecule has 21 heavy (non-hydrogen) atoms. The van der Waals surface area contributed by atoms with Gasteiger partial charge in [0.15, 0.2) is 0 Å². The molecule has 0 aliphatic heterocycles. The Labute approximate surface area is 128 Å². The molecule has 1 heterocycles. The number of nitrogens with one attached hydrogen (secondary N) is 2. The van der Waals surface area contributed by atoms with Crippen molar-refractivity contribution in [1.29, 1.82) is 0 Å². The summed E-state index contributed by atoms with van der Waals surface area (Å²) in [6.45, 7) is 13.7. The fourth-order valence-electron chi connectivity index (χ4n) is 1.85. The lowest BCUT2D eigenvalue weighted by Gasteiger charge is -2.20. The first-order chi connectivity index (χ1) is 10.1. The molecular weight excluding hydrogens is 266 g/mol. The SMILES string of the molecule is CCNc1nc(NCCN(C)CC)nc(N(CC)CC)n1. The average Bonchev–Trinajstić information content (AvgIpc) is 2.48. The zero-order valence-corrected chi connectivity index (χ0v) is 14.0. The highest BCUT2D eigenvalue weighted by Crippen LogP contribution is 2.13. The lowest BCUT2D eigenvalue weighted by molar-refractivity contribution is 0.367. The molecule has 1 aromatic rings. The third-order valence-electron chi connectivity index (χ3n) is 3.32. The summed E-state index contributed by atoms with van der Waals surface area (Å²) in [5.41, 5.74) is 0. The minimum atomic E-state index is 0.626. The summed E-state index contributed by atoms with van der Waals surface area (Å²) in [7, 11) is 2.10. The Morgan fingerprint density at radius 1 is 0.857 bits per heavy atom. The molecule has 0 fully saturated rings. The van der Waals surface area contributed by atoms with E-state index < -0.39 is 0 Å². The Morgan fingerprint density at radius 2 is 1.48 bits per heavy atom. The van der Waals surface area contributed by atoms with Crippen LogP contribution in [0, 0.1) is 0 Å². The summed E-state index contributed by atoms with van der Waals surface area (Å²) < 4.78 is 0. The van der Waals surface area contributed by atoms with Gasteiger partial charge >= 0.3 is 0 Å². The van der Waals surface area contributed by atoms with Crippen molar-refractivity contribution in [3.8, 4) is 0 Å². The molecule has 0 saturated carbocycles. The van der Waals surface area contributed by atoms with E-state index in [4.69, 9.17) is 0 Å². The molecule has 7 heteroatoms. The Bertz CT molecular complexity index is 406. The highest BCUT2D eigenvalue weighted by molar-refractivity contribution is 5.43. The van der Waals surface area contributed by atoms with E-state index in [1.54, 1.807) is 0 Å². The van der Waals surface area contributed by atoms with E-state index in [0.717, 1.165) is 45.2 Å². The molecule has 2 N–H and O–H groups in total. The maximum Gasteiger partial charge on any atom is 0.231 e. The number of hydrogen-bond acceptors (Lipinski definition) is 7.